The molecule has 0 radical (unpaired) electrons. The van der Waals surface area contributed by atoms with Gasteiger partial charge in [-0.3, -0.25) is 0 Å². The van der Waals surface area contributed by atoms with Crippen LogP contribution in [-0.2, 0) is 6.42 Å². The molecule has 106 valence electrons. The predicted octanol–water partition coefficient (Wildman–Crippen LogP) is 5.85. The molecule has 0 saturated heterocycles. The first-order valence-corrected chi connectivity index (χ1v) is 7.99. The first-order chi connectivity index (χ1) is 9.10. The fourth-order valence-corrected chi connectivity index (χ4v) is 3.70. The normalized spacial score (nSPS) is 27.5. The lowest BCUT2D eigenvalue weighted by molar-refractivity contribution is 0.257. The molecule has 1 aliphatic rings. The Labute approximate surface area is 125 Å². The largest absolute Gasteiger partial charge is 0.205 e. The first-order valence-electron chi connectivity index (χ1n) is 7.18. The summed E-state index contributed by atoms with van der Waals surface area (Å²) < 4.78 is 13.2. The Bertz CT molecular complexity index is 419. The molecule has 19 heavy (non-hydrogen) atoms. The Morgan fingerprint density at radius 1 is 1.32 bits per heavy atom. The van der Waals surface area contributed by atoms with E-state index in [0.29, 0.717) is 5.92 Å². The standard InChI is InChI=1S/C16H21Cl2F/c1-2-3-11-4-6-14(17)13(8-11)9-12-5-7-16(19)15(18)10-12/h5,7,10-11,13-14H,2-4,6,8-9H2,1H3. The number of benzene rings is 1. The molecule has 1 saturated carbocycles. The zero-order valence-electron chi connectivity index (χ0n) is 11.3. The highest BCUT2D eigenvalue weighted by atomic mass is 35.5. The summed E-state index contributed by atoms with van der Waals surface area (Å²) in [4.78, 5) is 0. The summed E-state index contributed by atoms with van der Waals surface area (Å²) in [5.74, 6) is 0.953. The van der Waals surface area contributed by atoms with Crippen molar-refractivity contribution in [3.63, 3.8) is 0 Å². The number of hydrogen-bond acceptors (Lipinski definition) is 0. The fraction of sp³-hybridized carbons (Fsp3) is 0.625. The molecule has 3 atom stereocenters. The van der Waals surface area contributed by atoms with Crippen molar-refractivity contribution >= 4 is 23.2 Å². The third-order valence-corrected chi connectivity index (χ3v) is 5.04. The van der Waals surface area contributed by atoms with Crippen molar-refractivity contribution in [2.24, 2.45) is 11.8 Å². The highest BCUT2D eigenvalue weighted by Crippen LogP contribution is 2.37. The summed E-state index contributed by atoms with van der Waals surface area (Å²) in [6, 6.07) is 5.02. The lowest BCUT2D eigenvalue weighted by Crippen LogP contribution is -2.27. The highest BCUT2D eigenvalue weighted by Gasteiger charge is 2.28. The summed E-state index contributed by atoms with van der Waals surface area (Å²) in [6.07, 6.45) is 7.00. The lowest BCUT2D eigenvalue weighted by Gasteiger charge is -2.33. The van der Waals surface area contributed by atoms with Gasteiger partial charge in [0.2, 0.25) is 0 Å². The Morgan fingerprint density at radius 2 is 2.11 bits per heavy atom. The van der Waals surface area contributed by atoms with Gasteiger partial charge in [0.25, 0.3) is 0 Å². The van der Waals surface area contributed by atoms with Crippen LogP contribution in [0.1, 0.15) is 44.6 Å². The second-order valence-electron chi connectivity index (χ2n) is 5.70. The van der Waals surface area contributed by atoms with E-state index in [2.05, 4.69) is 6.92 Å². The van der Waals surface area contributed by atoms with Gasteiger partial charge in [-0.1, -0.05) is 37.4 Å². The van der Waals surface area contributed by atoms with Gasteiger partial charge >= 0.3 is 0 Å². The molecular weight excluding hydrogens is 282 g/mol. The van der Waals surface area contributed by atoms with Crippen LogP contribution in [0.5, 0.6) is 0 Å². The molecule has 0 amide bonds. The van der Waals surface area contributed by atoms with Crippen LogP contribution in [0, 0.1) is 17.7 Å². The van der Waals surface area contributed by atoms with Crippen LogP contribution < -0.4 is 0 Å². The molecule has 3 heteroatoms. The predicted molar refractivity (Wildman–Crippen MR) is 80.5 cm³/mol. The summed E-state index contributed by atoms with van der Waals surface area (Å²) >= 11 is 12.3. The smallest absolute Gasteiger partial charge is 0.141 e. The molecule has 0 N–H and O–H groups in total. The van der Waals surface area contributed by atoms with Crippen molar-refractivity contribution in [3.05, 3.63) is 34.6 Å². The van der Waals surface area contributed by atoms with Crippen molar-refractivity contribution in [1.82, 2.24) is 0 Å². The topological polar surface area (TPSA) is 0 Å². The van der Waals surface area contributed by atoms with Crippen molar-refractivity contribution in [3.8, 4) is 0 Å². The van der Waals surface area contributed by atoms with E-state index in [1.54, 1.807) is 6.07 Å². The number of hydrogen-bond donors (Lipinski definition) is 0. The average Bonchev–Trinajstić information content (AvgIpc) is 2.38. The van der Waals surface area contributed by atoms with Gasteiger partial charge in [0.05, 0.1) is 5.02 Å². The molecule has 0 aromatic heterocycles. The molecule has 0 nitrogen and oxygen atoms in total. The third-order valence-electron chi connectivity index (χ3n) is 4.18. The van der Waals surface area contributed by atoms with E-state index in [4.69, 9.17) is 23.2 Å². The molecule has 0 bridgehead atoms. The van der Waals surface area contributed by atoms with E-state index >= 15 is 0 Å². The van der Waals surface area contributed by atoms with Crippen molar-refractivity contribution in [1.29, 1.82) is 0 Å². The van der Waals surface area contributed by atoms with Gasteiger partial charge in [-0.2, -0.15) is 0 Å². The van der Waals surface area contributed by atoms with Crippen molar-refractivity contribution in [2.45, 2.75) is 50.8 Å². The Balaban J connectivity index is 2.01. The number of halogens is 3. The van der Waals surface area contributed by atoms with E-state index in [1.165, 1.54) is 31.7 Å². The van der Waals surface area contributed by atoms with Gasteiger partial charge in [-0.25, -0.2) is 4.39 Å². The Hall–Kier alpha value is -0.270. The van der Waals surface area contributed by atoms with Gasteiger partial charge < -0.3 is 0 Å². The van der Waals surface area contributed by atoms with Crippen LogP contribution in [0.2, 0.25) is 5.02 Å². The Kier molecular flexibility index (Phi) is 5.53. The van der Waals surface area contributed by atoms with Crippen LogP contribution in [0.15, 0.2) is 18.2 Å². The van der Waals surface area contributed by atoms with Gasteiger partial charge in [-0.05, 0) is 55.2 Å². The van der Waals surface area contributed by atoms with Crippen LogP contribution in [0.3, 0.4) is 0 Å². The highest BCUT2D eigenvalue weighted by molar-refractivity contribution is 6.30. The SMILES string of the molecule is CCCC1CCC(Cl)C(Cc2ccc(F)c(Cl)c2)C1. The maximum absolute atomic E-state index is 13.2. The van der Waals surface area contributed by atoms with Crippen LogP contribution >= 0.6 is 23.2 Å². The molecular formula is C16H21Cl2F. The summed E-state index contributed by atoms with van der Waals surface area (Å²) in [7, 11) is 0. The summed E-state index contributed by atoms with van der Waals surface area (Å²) in [5, 5.41) is 0.460. The lowest BCUT2D eigenvalue weighted by atomic mass is 9.76. The zero-order valence-corrected chi connectivity index (χ0v) is 12.9. The van der Waals surface area contributed by atoms with Gasteiger partial charge in [-0.15, -0.1) is 11.6 Å². The number of rotatable bonds is 4. The van der Waals surface area contributed by atoms with Crippen LogP contribution in [0.4, 0.5) is 4.39 Å². The van der Waals surface area contributed by atoms with Crippen LogP contribution in [-0.4, -0.2) is 5.38 Å². The molecule has 1 aliphatic carbocycles. The maximum Gasteiger partial charge on any atom is 0.141 e. The van der Waals surface area contributed by atoms with Gasteiger partial charge in [0, 0.05) is 5.38 Å². The molecule has 1 aromatic carbocycles. The molecule has 2 rings (SSSR count). The molecule has 0 aliphatic heterocycles. The maximum atomic E-state index is 13.2. The van der Waals surface area contributed by atoms with E-state index in [0.717, 1.165) is 24.3 Å². The average molecular weight is 303 g/mol. The second kappa shape index (κ2) is 6.95. The summed E-state index contributed by atoms with van der Waals surface area (Å²) in [5.41, 5.74) is 1.10. The van der Waals surface area contributed by atoms with E-state index in [-0.39, 0.29) is 16.2 Å². The third kappa shape index (κ3) is 4.10. The monoisotopic (exact) mass is 302 g/mol. The van der Waals surface area contributed by atoms with Crippen LogP contribution in [0.25, 0.3) is 0 Å². The zero-order chi connectivity index (χ0) is 13.8. The van der Waals surface area contributed by atoms with Gasteiger partial charge in [0.1, 0.15) is 5.82 Å². The molecule has 1 fully saturated rings. The Morgan fingerprint density at radius 3 is 2.79 bits per heavy atom. The second-order valence-corrected chi connectivity index (χ2v) is 6.66. The molecule has 0 spiro atoms. The van der Waals surface area contributed by atoms with E-state index in [9.17, 15) is 4.39 Å². The van der Waals surface area contributed by atoms with E-state index in [1.807, 2.05) is 6.07 Å². The quantitative estimate of drug-likeness (QED) is 0.612. The van der Waals surface area contributed by atoms with Crippen molar-refractivity contribution < 1.29 is 4.39 Å². The minimum absolute atomic E-state index is 0.213. The summed E-state index contributed by atoms with van der Waals surface area (Å²) in [6.45, 7) is 2.24. The first kappa shape index (κ1) is 15.1. The number of alkyl halides is 1. The molecule has 1 aromatic rings. The minimum Gasteiger partial charge on any atom is -0.205 e. The van der Waals surface area contributed by atoms with E-state index < -0.39 is 0 Å². The molecule has 0 heterocycles. The fourth-order valence-electron chi connectivity index (χ4n) is 3.18. The minimum atomic E-state index is -0.347. The van der Waals surface area contributed by atoms with Crippen molar-refractivity contribution in [2.75, 3.05) is 0 Å². The molecule has 3 unspecified atom stereocenters. The van der Waals surface area contributed by atoms with Gasteiger partial charge in [0.15, 0.2) is 0 Å².